The summed E-state index contributed by atoms with van der Waals surface area (Å²) < 4.78 is 10.8. The van der Waals surface area contributed by atoms with E-state index in [1.807, 2.05) is 41.1 Å². The zero-order valence-corrected chi connectivity index (χ0v) is 16.6. The predicted octanol–water partition coefficient (Wildman–Crippen LogP) is 5.06. The van der Waals surface area contributed by atoms with Crippen LogP contribution in [0.25, 0.3) is 10.4 Å². The molecular weight excluding hydrogens is 382 g/mol. The van der Waals surface area contributed by atoms with Crippen LogP contribution in [0.4, 0.5) is 5.00 Å². The van der Waals surface area contributed by atoms with E-state index in [0.29, 0.717) is 16.3 Å². The minimum atomic E-state index is -0.713. The number of esters is 1. The van der Waals surface area contributed by atoms with Crippen molar-refractivity contribution < 1.29 is 19.1 Å². The molecule has 0 unspecified atom stereocenters. The molecule has 3 rings (SSSR count). The van der Waals surface area contributed by atoms with Crippen molar-refractivity contribution in [3.8, 4) is 16.2 Å². The van der Waals surface area contributed by atoms with Crippen LogP contribution in [-0.2, 0) is 9.53 Å². The highest BCUT2D eigenvalue weighted by Gasteiger charge is 2.25. The fourth-order valence-electron chi connectivity index (χ4n) is 2.44. The van der Waals surface area contributed by atoms with Gasteiger partial charge in [-0.05, 0) is 37.4 Å². The summed E-state index contributed by atoms with van der Waals surface area (Å²) >= 11 is 2.83. The Kier molecular flexibility index (Phi) is 6.26. The molecule has 0 aliphatic rings. The number of hydrogen-bond acceptors (Lipinski definition) is 6. The van der Waals surface area contributed by atoms with Gasteiger partial charge in [0.25, 0.3) is 5.91 Å². The van der Waals surface area contributed by atoms with Crippen LogP contribution < -0.4 is 10.1 Å². The van der Waals surface area contributed by atoms with Crippen LogP contribution in [0.15, 0.2) is 53.2 Å². The summed E-state index contributed by atoms with van der Waals surface area (Å²) in [6, 6.07) is 13.0. The zero-order valence-electron chi connectivity index (χ0n) is 14.9. The standard InChI is InChI=1S/C20H19NO4S2/c1-3-24-20(23)17-15(16-10-7-11-26-16)12-27-19(17)21-18(22)13(2)25-14-8-5-4-6-9-14/h4-13H,3H2,1-2H3,(H,21,22)/t13-/m0/s1. The molecule has 1 N–H and O–H groups in total. The van der Waals surface area contributed by atoms with Gasteiger partial charge in [0.05, 0.1) is 6.61 Å². The maximum atomic E-state index is 12.6. The van der Waals surface area contributed by atoms with Crippen LogP contribution in [0, 0.1) is 0 Å². The van der Waals surface area contributed by atoms with Crippen molar-refractivity contribution in [3.05, 3.63) is 58.8 Å². The average Bonchev–Trinajstić information content (AvgIpc) is 3.32. The normalized spacial score (nSPS) is 11.6. The van der Waals surface area contributed by atoms with Gasteiger partial charge in [0.1, 0.15) is 16.3 Å². The van der Waals surface area contributed by atoms with E-state index in [9.17, 15) is 9.59 Å². The molecule has 2 heterocycles. The van der Waals surface area contributed by atoms with E-state index in [1.54, 1.807) is 26.0 Å². The number of anilines is 1. The lowest BCUT2D eigenvalue weighted by Crippen LogP contribution is -2.30. The predicted molar refractivity (Wildman–Crippen MR) is 109 cm³/mol. The first-order valence-corrected chi connectivity index (χ1v) is 10.2. The number of amides is 1. The molecule has 7 heteroatoms. The number of hydrogen-bond donors (Lipinski definition) is 1. The smallest absolute Gasteiger partial charge is 0.341 e. The molecule has 1 aromatic carbocycles. The Morgan fingerprint density at radius 1 is 1.11 bits per heavy atom. The van der Waals surface area contributed by atoms with Crippen LogP contribution in [0.3, 0.4) is 0 Å². The largest absolute Gasteiger partial charge is 0.481 e. The van der Waals surface area contributed by atoms with Gasteiger partial charge in [0.15, 0.2) is 6.10 Å². The topological polar surface area (TPSA) is 64.6 Å². The minimum absolute atomic E-state index is 0.263. The van der Waals surface area contributed by atoms with Crippen molar-refractivity contribution >= 4 is 39.6 Å². The number of ether oxygens (including phenoxy) is 2. The van der Waals surface area contributed by atoms with E-state index in [-0.39, 0.29) is 12.5 Å². The molecule has 0 spiro atoms. The van der Waals surface area contributed by atoms with Gasteiger partial charge in [-0.1, -0.05) is 24.3 Å². The lowest BCUT2D eigenvalue weighted by atomic mass is 10.1. The Labute approximate surface area is 165 Å². The number of nitrogens with one attached hydrogen (secondary N) is 1. The van der Waals surface area contributed by atoms with E-state index < -0.39 is 12.1 Å². The van der Waals surface area contributed by atoms with Crippen molar-refractivity contribution in [1.29, 1.82) is 0 Å². The fourth-order valence-corrected chi connectivity index (χ4v) is 4.21. The van der Waals surface area contributed by atoms with Crippen LogP contribution in [0.1, 0.15) is 24.2 Å². The van der Waals surface area contributed by atoms with Crippen LogP contribution >= 0.6 is 22.7 Å². The van der Waals surface area contributed by atoms with Gasteiger partial charge in [-0.2, -0.15) is 0 Å². The Hall–Kier alpha value is -2.64. The first-order valence-electron chi connectivity index (χ1n) is 8.45. The van der Waals surface area contributed by atoms with Crippen molar-refractivity contribution in [2.24, 2.45) is 0 Å². The third-order valence-corrected chi connectivity index (χ3v) is 5.52. The molecule has 0 saturated carbocycles. The quantitative estimate of drug-likeness (QED) is 0.562. The number of para-hydroxylation sites is 1. The molecule has 0 saturated heterocycles. The second-order valence-corrected chi connectivity index (χ2v) is 7.44. The number of carbonyl (C=O) groups is 2. The summed E-state index contributed by atoms with van der Waals surface area (Å²) in [4.78, 5) is 26.0. The molecule has 27 heavy (non-hydrogen) atoms. The number of rotatable bonds is 7. The summed E-state index contributed by atoms with van der Waals surface area (Å²) in [5.41, 5.74) is 1.14. The van der Waals surface area contributed by atoms with Gasteiger partial charge in [-0.25, -0.2) is 4.79 Å². The summed E-state index contributed by atoms with van der Waals surface area (Å²) in [5.74, 6) is -0.172. The van der Waals surface area contributed by atoms with Gasteiger partial charge in [0, 0.05) is 15.8 Å². The van der Waals surface area contributed by atoms with E-state index in [0.717, 1.165) is 10.4 Å². The van der Waals surface area contributed by atoms with E-state index in [4.69, 9.17) is 9.47 Å². The molecule has 0 aliphatic carbocycles. The molecule has 5 nitrogen and oxygen atoms in total. The lowest BCUT2D eigenvalue weighted by Gasteiger charge is -2.15. The number of benzene rings is 1. The molecule has 0 fully saturated rings. The zero-order chi connectivity index (χ0) is 19.2. The number of thiophene rings is 2. The summed E-state index contributed by atoms with van der Waals surface area (Å²) in [5, 5.41) is 7.07. The molecule has 0 radical (unpaired) electrons. The number of carbonyl (C=O) groups excluding carboxylic acids is 2. The molecule has 140 valence electrons. The highest BCUT2D eigenvalue weighted by atomic mass is 32.1. The van der Waals surface area contributed by atoms with E-state index >= 15 is 0 Å². The molecule has 3 aromatic rings. The van der Waals surface area contributed by atoms with Gasteiger partial charge in [0.2, 0.25) is 0 Å². The van der Waals surface area contributed by atoms with Crippen LogP contribution in [-0.4, -0.2) is 24.6 Å². The molecule has 2 aromatic heterocycles. The molecule has 1 amide bonds. The van der Waals surface area contributed by atoms with E-state index in [2.05, 4.69) is 5.32 Å². The molecule has 0 aliphatic heterocycles. The van der Waals surface area contributed by atoms with Gasteiger partial charge in [-0.3, -0.25) is 4.79 Å². The third kappa shape index (κ3) is 4.56. The SMILES string of the molecule is CCOC(=O)c1c(-c2cccs2)csc1NC(=O)[C@H](C)Oc1ccccc1. The highest BCUT2D eigenvalue weighted by Crippen LogP contribution is 2.38. The lowest BCUT2D eigenvalue weighted by molar-refractivity contribution is -0.122. The summed E-state index contributed by atoms with van der Waals surface area (Å²) in [7, 11) is 0. The molecule has 1 atom stereocenters. The second-order valence-electron chi connectivity index (χ2n) is 5.61. The van der Waals surface area contributed by atoms with E-state index in [1.165, 1.54) is 22.7 Å². The summed E-state index contributed by atoms with van der Waals surface area (Å²) in [6.45, 7) is 3.68. The summed E-state index contributed by atoms with van der Waals surface area (Å²) in [6.07, 6.45) is -0.713. The molecule has 0 bridgehead atoms. The Bertz CT molecular complexity index is 903. The van der Waals surface area contributed by atoms with Crippen molar-refractivity contribution in [3.63, 3.8) is 0 Å². The van der Waals surface area contributed by atoms with Crippen molar-refractivity contribution in [2.75, 3.05) is 11.9 Å². The third-order valence-electron chi connectivity index (χ3n) is 3.72. The second kappa shape index (κ2) is 8.83. The van der Waals surface area contributed by atoms with Gasteiger partial charge < -0.3 is 14.8 Å². The first kappa shape index (κ1) is 19.1. The maximum absolute atomic E-state index is 12.6. The van der Waals surface area contributed by atoms with Crippen LogP contribution in [0.2, 0.25) is 0 Å². The minimum Gasteiger partial charge on any atom is -0.481 e. The van der Waals surface area contributed by atoms with Gasteiger partial charge in [-0.15, -0.1) is 22.7 Å². The van der Waals surface area contributed by atoms with Crippen molar-refractivity contribution in [1.82, 2.24) is 0 Å². The van der Waals surface area contributed by atoms with Gasteiger partial charge >= 0.3 is 5.97 Å². The van der Waals surface area contributed by atoms with Crippen molar-refractivity contribution in [2.45, 2.75) is 20.0 Å². The maximum Gasteiger partial charge on any atom is 0.341 e. The average molecular weight is 402 g/mol. The Morgan fingerprint density at radius 3 is 2.56 bits per heavy atom. The Morgan fingerprint density at radius 2 is 1.89 bits per heavy atom. The Balaban J connectivity index is 1.81. The molecular formula is C20H19NO4S2. The monoisotopic (exact) mass is 401 g/mol. The fraction of sp³-hybridized carbons (Fsp3) is 0.200. The first-order chi connectivity index (χ1) is 13.1. The van der Waals surface area contributed by atoms with Crippen LogP contribution in [0.5, 0.6) is 5.75 Å². The highest BCUT2D eigenvalue weighted by molar-refractivity contribution is 7.17.